The number of carbonyl (C=O) groups excluding carboxylic acids is 2. The van der Waals surface area contributed by atoms with Crippen LogP contribution in [0, 0.1) is 0 Å². The van der Waals surface area contributed by atoms with Gasteiger partial charge >= 0.3 is 5.69 Å². The number of likely N-dealkylation sites (tertiary alicyclic amines) is 1. The van der Waals surface area contributed by atoms with Crippen molar-refractivity contribution >= 4 is 11.6 Å². The molecule has 146 valence electrons. The van der Waals surface area contributed by atoms with Gasteiger partial charge in [-0.15, -0.1) is 0 Å². The number of H-pyrrole nitrogens is 1. The zero-order chi connectivity index (χ0) is 19.1. The fourth-order valence-corrected chi connectivity index (χ4v) is 4.81. The molecule has 1 aromatic heterocycles. The van der Waals surface area contributed by atoms with Gasteiger partial charge in [0.15, 0.2) is 0 Å². The topological polar surface area (TPSA) is 79.2 Å². The SMILES string of the molecule is O=C1c2ccccc2C(=O)c2c1n[nH][n+]2CCCN1CCC2(CCCO2)CC1. The number of hydrogen-bond donors (Lipinski definition) is 1. The molecular formula is C21H25N4O3+. The number of ketones is 2. The second kappa shape index (κ2) is 6.90. The van der Waals surface area contributed by atoms with Gasteiger partial charge in [0.05, 0.1) is 10.7 Å². The van der Waals surface area contributed by atoms with Gasteiger partial charge in [-0.2, -0.15) is 4.68 Å². The number of carbonyl (C=O) groups is 2. The number of hydrogen-bond acceptors (Lipinski definition) is 5. The zero-order valence-corrected chi connectivity index (χ0v) is 15.9. The van der Waals surface area contributed by atoms with Gasteiger partial charge < -0.3 is 9.64 Å². The van der Waals surface area contributed by atoms with E-state index in [1.165, 1.54) is 12.8 Å². The smallest absolute Gasteiger partial charge is 0.300 e. The van der Waals surface area contributed by atoms with Crippen molar-refractivity contribution in [3.63, 3.8) is 0 Å². The number of aryl methyl sites for hydroxylation is 1. The maximum absolute atomic E-state index is 12.9. The average Bonchev–Trinajstić information content (AvgIpc) is 3.36. The summed E-state index contributed by atoms with van der Waals surface area (Å²) in [6.45, 7) is 4.65. The van der Waals surface area contributed by atoms with E-state index in [0.717, 1.165) is 45.5 Å². The molecule has 1 aliphatic carbocycles. The first-order chi connectivity index (χ1) is 13.7. The average molecular weight is 381 g/mol. The molecule has 0 radical (unpaired) electrons. The van der Waals surface area contributed by atoms with E-state index < -0.39 is 0 Å². The minimum atomic E-state index is -0.182. The van der Waals surface area contributed by atoms with Crippen LogP contribution in [0.3, 0.4) is 0 Å². The number of nitrogens with one attached hydrogen (secondary N) is 1. The molecule has 7 nitrogen and oxygen atoms in total. The lowest BCUT2D eigenvalue weighted by Crippen LogP contribution is -2.47. The lowest BCUT2D eigenvalue weighted by atomic mass is 9.88. The van der Waals surface area contributed by atoms with E-state index in [1.54, 1.807) is 28.9 Å². The van der Waals surface area contributed by atoms with E-state index in [9.17, 15) is 9.59 Å². The molecule has 2 aromatic rings. The van der Waals surface area contributed by atoms with Crippen LogP contribution >= 0.6 is 0 Å². The fourth-order valence-electron chi connectivity index (χ4n) is 4.81. The van der Waals surface area contributed by atoms with E-state index in [0.29, 0.717) is 23.4 Å². The van der Waals surface area contributed by atoms with Gasteiger partial charge in [-0.05, 0) is 32.1 Å². The Balaban J connectivity index is 1.23. The molecule has 3 aliphatic rings. The van der Waals surface area contributed by atoms with Crippen LogP contribution in [-0.2, 0) is 11.3 Å². The fraction of sp³-hybridized carbons (Fsp3) is 0.524. The minimum Gasteiger partial charge on any atom is -0.375 e. The zero-order valence-electron chi connectivity index (χ0n) is 15.9. The van der Waals surface area contributed by atoms with Crippen molar-refractivity contribution in [1.82, 2.24) is 15.2 Å². The van der Waals surface area contributed by atoms with Gasteiger partial charge in [0, 0.05) is 37.4 Å². The largest absolute Gasteiger partial charge is 0.375 e. The minimum absolute atomic E-state index is 0.128. The summed E-state index contributed by atoms with van der Waals surface area (Å²) in [6.07, 6.45) is 5.52. The Morgan fingerprint density at radius 1 is 1.11 bits per heavy atom. The number of aromatic amines is 1. The second-order valence-electron chi connectivity index (χ2n) is 8.09. The van der Waals surface area contributed by atoms with Gasteiger partial charge in [0.2, 0.25) is 11.6 Å². The Kier molecular flexibility index (Phi) is 4.36. The highest BCUT2D eigenvalue weighted by molar-refractivity contribution is 6.26. The van der Waals surface area contributed by atoms with Crippen LogP contribution in [0.2, 0.25) is 0 Å². The first-order valence-electron chi connectivity index (χ1n) is 10.2. The van der Waals surface area contributed by atoms with Gasteiger partial charge in [0.25, 0.3) is 5.69 Å². The summed E-state index contributed by atoms with van der Waals surface area (Å²) in [6, 6.07) is 6.96. The first kappa shape index (κ1) is 17.7. The molecule has 0 unspecified atom stereocenters. The molecule has 28 heavy (non-hydrogen) atoms. The molecule has 1 spiro atoms. The summed E-state index contributed by atoms with van der Waals surface area (Å²) in [4.78, 5) is 28.0. The third kappa shape index (κ3) is 2.89. The molecule has 2 fully saturated rings. The number of aromatic nitrogens is 3. The lowest BCUT2D eigenvalue weighted by Gasteiger charge is -2.38. The third-order valence-corrected chi connectivity index (χ3v) is 6.43. The maximum atomic E-state index is 12.9. The number of benzene rings is 1. The van der Waals surface area contributed by atoms with Crippen LogP contribution in [0.1, 0.15) is 64.2 Å². The number of fused-ring (bicyclic) bond motifs is 2. The lowest BCUT2D eigenvalue weighted by molar-refractivity contribution is -0.755. The van der Waals surface area contributed by atoms with E-state index in [1.807, 2.05) is 0 Å². The molecule has 3 heterocycles. The van der Waals surface area contributed by atoms with Gasteiger partial charge in [-0.25, -0.2) is 0 Å². The Bertz CT molecular complexity index is 919. The highest BCUT2D eigenvalue weighted by Crippen LogP contribution is 2.35. The molecule has 0 amide bonds. The van der Waals surface area contributed by atoms with E-state index in [2.05, 4.69) is 15.2 Å². The summed E-state index contributed by atoms with van der Waals surface area (Å²) in [5.74, 6) is -0.310. The number of nitrogens with zero attached hydrogens (tertiary/aromatic N) is 3. The van der Waals surface area contributed by atoms with Crippen LogP contribution in [0.15, 0.2) is 24.3 Å². The second-order valence-corrected chi connectivity index (χ2v) is 8.09. The normalized spacial score (nSPS) is 21.1. The molecule has 2 saturated heterocycles. The van der Waals surface area contributed by atoms with Crippen LogP contribution in [-0.4, -0.2) is 58.6 Å². The highest BCUT2D eigenvalue weighted by Gasteiger charge is 2.41. The molecule has 0 atom stereocenters. The quantitative estimate of drug-likeness (QED) is 0.693. The maximum Gasteiger partial charge on any atom is 0.300 e. The van der Waals surface area contributed by atoms with Gasteiger partial charge in [0.1, 0.15) is 6.54 Å². The first-order valence-corrected chi connectivity index (χ1v) is 10.2. The van der Waals surface area contributed by atoms with E-state index >= 15 is 0 Å². The van der Waals surface area contributed by atoms with Crippen molar-refractivity contribution in [2.75, 3.05) is 26.2 Å². The van der Waals surface area contributed by atoms with Crippen molar-refractivity contribution in [3.05, 3.63) is 46.8 Å². The summed E-state index contributed by atoms with van der Waals surface area (Å²) >= 11 is 0. The molecule has 2 aliphatic heterocycles. The third-order valence-electron chi connectivity index (χ3n) is 6.43. The van der Waals surface area contributed by atoms with Crippen molar-refractivity contribution in [2.45, 2.75) is 44.2 Å². The Morgan fingerprint density at radius 3 is 2.57 bits per heavy atom. The summed E-state index contributed by atoms with van der Waals surface area (Å²) in [5.41, 5.74) is 1.68. The predicted octanol–water partition coefficient (Wildman–Crippen LogP) is 1.51. The van der Waals surface area contributed by atoms with E-state index in [4.69, 9.17) is 4.74 Å². The van der Waals surface area contributed by atoms with Crippen LogP contribution in [0.4, 0.5) is 0 Å². The monoisotopic (exact) mass is 381 g/mol. The Hall–Kier alpha value is -2.38. The van der Waals surface area contributed by atoms with Gasteiger partial charge in [-0.1, -0.05) is 29.5 Å². The standard InChI is InChI=1S/C21H24N4O3/c26-19-15-5-1-2-6-16(15)20(27)18-17(19)22-23-25(18)11-4-10-24-12-8-21(9-13-24)7-3-14-28-21/h1-2,5-6H,3-4,7-14H2/p+1. The molecule has 7 heteroatoms. The highest BCUT2D eigenvalue weighted by atomic mass is 16.5. The summed E-state index contributed by atoms with van der Waals surface area (Å²) in [5, 5.41) is 7.01. The Labute approximate surface area is 163 Å². The van der Waals surface area contributed by atoms with Crippen molar-refractivity contribution in [2.24, 2.45) is 0 Å². The molecule has 5 rings (SSSR count). The summed E-state index contributed by atoms with van der Waals surface area (Å²) in [7, 11) is 0. The van der Waals surface area contributed by atoms with Crippen molar-refractivity contribution < 1.29 is 19.0 Å². The summed E-state index contributed by atoms with van der Waals surface area (Å²) < 4.78 is 7.73. The molecule has 0 bridgehead atoms. The molecule has 1 aromatic carbocycles. The van der Waals surface area contributed by atoms with Crippen LogP contribution in [0.25, 0.3) is 0 Å². The van der Waals surface area contributed by atoms with Gasteiger partial charge in [-0.3, -0.25) is 9.59 Å². The number of rotatable bonds is 4. The number of ether oxygens (including phenoxy) is 1. The van der Waals surface area contributed by atoms with Crippen molar-refractivity contribution in [3.8, 4) is 0 Å². The van der Waals surface area contributed by atoms with Crippen LogP contribution in [0.5, 0.6) is 0 Å². The Morgan fingerprint density at radius 2 is 1.86 bits per heavy atom. The van der Waals surface area contributed by atoms with Crippen molar-refractivity contribution in [1.29, 1.82) is 0 Å². The predicted molar refractivity (Wildman–Crippen MR) is 100 cm³/mol. The van der Waals surface area contributed by atoms with E-state index in [-0.39, 0.29) is 22.9 Å². The number of piperidine rings is 1. The molecule has 0 saturated carbocycles. The molecular weight excluding hydrogens is 356 g/mol. The molecule has 1 N–H and O–H groups in total. The van der Waals surface area contributed by atoms with Crippen LogP contribution < -0.4 is 4.68 Å².